The fourth-order valence-electron chi connectivity index (χ4n) is 5.99. The van der Waals surface area contributed by atoms with Gasteiger partial charge in [0.25, 0.3) is 5.91 Å². The van der Waals surface area contributed by atoms with E-state index in [-0.39, 0.29) is 23.7 Å². The number of hydrogen-bond acceptors (Lipinski definition) is 4. The van der Waals surface area contributed by atoms with E-state index in [4.69, 9.17) is 9.47 Å². The van der Waals surface area contributed by atoms with Crippen LogP contribution >= 0.6 is 0 Å². The molecule has 2 heterocycles. The second-order valence-corrected chi connectivity index (χ2v) is 10.6. The van der Waals surface area contributed by atoms with Crippen LogP contribution in [0.5, 0.6) is 0 Å². The van der Waals surface area contributed by atoms with Gasteiger partial charge in [0, 0.05) is 56.4 Å². The van der Waals surface area contributed by atoms with Gasteiger partial charge in [0.2, 0.25) is 0 Å². The van der Waals surface area contributed by atoms with Gasteiger partial charge in [-0.15, -0.1) is 0 Å². The fourth-order valence-corrected chi connectivity index (χ4v) is 5.99. The summed E-state index contributed by atoms with van der Waals surface area (Å²) in [6.45, 7) is 11.8. The van der Waals surface area contributed by atoms with Crippen LogP contribution in [0.1, 0.15) is 62.9 Å². The highest BCUT2D eigenvalue weighted by atomic mass is 19.1. The summed E-state index contributed by atoms with van der Waals surface area (Å²) in [6.07, 6.45) is 10.2. The highest BCUT2D eigenvalue weighted by molar-refractivity contribution is 5.94. The Kier molecular flexibility index (Phi) is 10.8. The second kappa shape index (κ2) is 13.9. The van der Waals surface area contributed by atoms with Gasteiger partial charge in [-0.3, -0.25) is 4.79 Å². The first-order chi connectivity index (χ1) is 19.6. The number of allylic oxidation sites excluding steroid dienone is 4. The molecule has 1 aromatic rings. The van der Waals surface area contributed by atoms with Crippen LogP contribution in [0.4, 0.5) is 9.18 Å². The molecule has 3 aliphatic rings. The van der Waals surface area contributed by atoms with E-state index in [0.717, 1.165) is 22.7 Å². The average molecular weight is 568 g/mol. The molecule has 7 nitrogen and oxygen atoms in total. The number of urea groups is 1. The van der Waals surface area contributed by atoms with Gasteiger partial charge >= 0.3 is 6.03 Å². The molecule has 1 aliphatic carbocycles. The van der Waals surface area contributed by atoms with Crippen molar-refractivity contribution in [3.8, 4) is 0 Å². The molecule has 1 fully saturated rings. The number of aryl methyl sites for hydroxylation is 1. The number of ether oxygens (including phenoxy) is 2. The highest BCUT2D eigenvalue weighted by Crippen LogP contribution is 2.37. The van der Waals surface area contributed by atoms with Crippen LogP contribution in [0, 0.1) is 18.7 Å². The number of carbonyl (C=O) groups is 2. The topological polar surface area (TPSA) is 62.3 Å². The molecular weight excluding hydrogens is 521 g/mol. The first-order valence-corrected chi connectivity index (χ1v) is 14.6. The number of hydrogen-bond donors (Lipinski definition) is 0. The third kappa shape index (κ3) is 6.68. The van der Waals surface area contributed by atoms with Crippen molar-refractivity contribution in [3.63, 3.8) is 0 Å². The number of halogens is 1. The first kappa shape index (κ1) is 32.0. The summed E-state index contributed by atoms with van der Waals surface area (Å²) in [7, 11) is 5.15. The Balaban J connectivity index is 0.00000226. The lowest BCUT2D eigenvalue weighted by molar-refractivity contribution is 0.0501. The van der Waals surface area contributed by atoms with Gasteiger partial charge in [0.15, 0.2) is 0 Å². The first-order valence-electron chi connectivity index (χ1n) is 14.6. The number of benzene rings is 1. The second-order valence-electron chi connectivity index (χ2n) is 10.6. The lowest BCUT2D eigenvalue weighted by Crippen LogP contribution is -2.59. The van der Waals surface area contributed by atoms with Gasteiger partial charge in [-0.1, -0.05) is 32.9 Å². The molecule has 2 aliphatic heterocycles. The standard InChI is InChI=1S/C31H40FN3O4.C2H6/c1-7-35-30(37)33(4)20-24-8-10-25(38-5)19-27(39-6)28(24)21(2)12-13-31(35)14-16-34(17-15-31)29(36)23-9-11-26(32)22(3)18-23;1-2/h9-13,18-19,21H,7-8,14-17,20H2,1-6H3;1-2H3/b13-12+;/t21-;/m0./s1. The number of piperidine rings is 1. The summed E-state index contributed by atoms with van der Waals surface area (Å²) in [5, 5.41) is 0. The Morgan fingerprint density at radius 2 is 1.83 bits per heavy atom. The summed E-state index contributed by atoms with van der Waals surface area (Å²) in [6, 6.07) is 4.45. The maximum absolute atomic E-state index is 13.9. The molecule has 1 saturated heterocycles. The van der Waals surface area contributed by atoms with Crippen LogP contribution in [0.2, 0.25) is 0 Å². The minimum Gasteiger partial charge on any atom is -0.497 e. The largest absolute Gasteiger partial charge is 0.497 e. The van der Waals surface area contributed by atoms with E-state index in [0.29, 0.717) is 56.6 Å². The maximum Gasteiger partial charge on any atom is 0.320 e. The summed E-state index contributed by atoms with van der Waals surface area (Å²) < 4.78 is 25.1. The molecule has 1 spiro atoms. The van der Waals surface area contributed by atoms with E-state index in [1.165, 1.54) is 6.07 Å². The zero-order valence-corrected chi connectivity index (χ0v) is 25.9. The van der Waals surface area contributed by atoms with Gasteiger partial charge in [-0.2, -0.15) is 0 Å². The van der Waals surface area contributed by atoms with Crippen molar-refractivity contribution >= 4 is 11.9 Å². The van der Waals surface area contributed by atoms with Gasteiger partial charge in [-0.05, 0) is 68.5 Å². The lowest BCUT2D eigenvalue weighted by Gasteiger charge is -2.48. The molecule has 0 saturated carbocycles. The Morgan fingerprint density at radius 3 is 2.41 bits per heavy atom. The van der Waals surface area contributed by atoms with E-state index in [1.807, 2.05) is 49.8 Å². The minimum atomic E-state index is -0.528. The lowest BCUT2D eigenvalue weighted by atomic mass is 9.82. The predicted octanol–water partition coefficient (Wildman–Crippen LogP) is 6.48. The van der Waals surface area contributed by atoms with Crippen molar-refractivity contribution in [3.05, 3.63) is 82.1 Å². The molecule has 0 unspecified atom stereocenters. The van der Waals surface area contributed by atoms with Gasteiger partial charge in [0.1, 0.15) is 17.3 Å². The van der Waals surface area contributed by atoms with Crippen molar-refractivity contribution in [2.75, 3.05) is 47.4 Å². The summed E-state index contributed by atoms with van der Waals surface area (Å²) in [4.78, 5) is 32.7. The third-order valence-corrected chi connectivity index (χ3v) is 8.24. The number of rotatable bonds is 4. The predicted molar refractivity (Wildman–Crippen MR) is 161 cm³/mol. The molecule has 0 aromatic heterocycles. The molecule has 0 N–H and O–H groups in total. The van der Waals surface area contributed by atoms with Crippen LogP contribution in [-0.4, -0.2) is 79.6 Å². The fraction of sp³-hybridized carbons (Fsp3) is 0.515. The molecule has 224 valence electrons. The van der Waals surface area contributed by atoms with Crippen molar-refractivity contribution in [2.24, 2.45) is 5.92 Å². The average Bonchev–Trinajstić information content (AvgIpc) is 3.17. The van der Waals surface area contributed by atoms with E-state index >= 15 is 0 Å². The van der Waals surface area contributed by atoms with Gasteiger partial charge < -0.3 is 24.2 Å². The SMILES string of the molecule is CC.CCN1C(=O)N(C)CC2=C(C(OC)=CC(OC)=CC2)[C@@H](C)/C=C/C12CCN(C(=O)c1ccc(F)c(C)c1)CC2. The summed E-state index contributed by atoms with van der Waals surface area (Å²) in [5.74, 6) is 1.08. The number of amides is 3. The Morgan fingerprint density at radius 1 is 1.15 bits per heavy atom. The number of carbonyl (C=O) groups excluding carboxylic acids is 2. The van der Waals surface area contributed by atoms with Crippen LogP contribution < -0.4 is 0 Å². The van der Waals surface area contributed by atoms with Crippen LogP contribution in [0.3, 0.4) is 0 Å². The quantitative estimate of drug-likeness (QED) is 0.391. The molecule has 0 bridgehead atoms. The molecule has 8 heteroatoms. The molecule has 0 radical (unpaired) electrons. The van der Waals surface area contributed by atoms with E-state index in [9.17, 15) is 14.0 Å². The molecule has 41 heavy (non-hydrogen) atoms. The molecule has 4 rings (SSSR count). The molecule has 1 aromatic carbocycles. The Bertz CT molecular complexity index is 1240. The molecular formula is C33H46FN3O4. The zero-order valence-electron chi connectivity index (χ0n) is 25.9. The maximum atomic E-state index is 13.9. The number of methoxy groups -OCH3 is 2. The van der Waals surface area contributed by atoms with Gasteiger partial charge in [-0.25, -0.2) is 9.18 Å². The van der Waals surface area contributed by atoms with Crippen molar-refractivity contribution in [1.82, 2.24) is 14.7 Å². The van der Waals surface area contributed by atoms with E-state index in [2.05, 4.69) is 19.1 Å². The number of nitrogens with zero attached hydrogens (tertiary/aromatic N) is 3. The van der Waals surface area contributed by atoms with Crippen molar-refractivity contribution < 1.29 is 23.5 Å². The van der Waals surface area contributed by atoms with Gasteiger partial charge in [0.05, 0.1) is 19.8 Å². The van der Waals surface area contributed by atoms with Crippen LogP contribution in [0.15, 0.2) is 65.2 Å². The van der Waals surface area contributed by atoms with E-state index < -0.39 is 5.54 Å². The van der Waals surface area contributed by atoms with Crippen LogP contribution in [0.25, 0.3) is 0 Å². The van der Waals surface area contributed by atoms with E-state index in [1.54, 1.807) is 38.2 Å². The molecule has 1 atom stereocenters. The normalized spacial score (nSPS) is 21.6. The monoisotopic (exact) mass is 567 g/mol. The summed E-state index contributed by atoms with van der Waals surface area (Å²) >= 11 is 0. The Labute approximate surface area is 245 Å². The third-order valence-electron chi connectivity index (χ3n) is 8.24. The Hall–Kier alpha value is -3.55. The van der Waals surface area contributed by atoms with Crippen LogP contribution in [-0.2, 0) is 9.47 Å². The zero-order chi connectivity index (χ0) is 30.3. The van der Waals surface area contributed by atoms with Crippen molar-refractivity contribution in [1.29, 1.82) is 0 Å². The smallest absolute Gasteiger partial charge is 0.320 e. The summed E-state index contributed by atoms with van der Waals surface area (Å²) in [5.41, 5.74) is 2.59. The highest BCUT2D eigenvalue weighted by Gasteiger charge is 2.42. The van der Waals surface area contributed by atoms with Crippen molar-refractivity contribution in [2.45, 2.75) is 59.4 Å². The minimum absolute atomic E-state index is 0.0369. The number of likely N-dealkylation sites (tertiary alicyclic amines) is 1. The molecule has 3 amide bonds. The number of likely N-dealkylation sites (N-methyl/N-ethyl adjacent to an activating group) is 2.